The van der Waals surface area contributed by atoms with Crippen molar-refractivity contribution in [3.05, 3.63) is 47.5 Å². The molecule has 18 heavy (non-hydrogen) atoms. The predicted octanol–water partition coefficient (Wildman–Crippen LogP) is 1.50. The Morgan fingerprint density at radius 1 is 1.33 bits per heavy atom. The molecule has 2 aromatic rings. The number of benzene rings is 1. The molecule has 0 amide bonds. The zero-order valence-corrected chi connectivity index (χ0v) is 10.2. The van der Waals surface area contributed by atoms with E-state index in [-0.39, 0.29) is 12.4 Å². The lowest BCUT2D eigenvalue weighted by Crippen LogP contribution is -2.08. The fraction of sp³-hybridized carbons (Fsp3) is 0.308. The van der Waals surface area contributed by atoms with Crippen molar-refractivity contribution in [3.8, 4) is 0 Å². The molecule has 2 rings (SSSR count). The summed E-state index contributed by atoms with van der Waals surface area (Å²) in [6, 6.07) is 9.97. The summed E-state index contributed by atoms with van der Waals surface area (Å²) < 4.78 is 4.84. The number of aromatic amines is 1. The molecule has 5 heteroatoms. The van der Waals surface area contributed by atoms with Gasteiger partial charge in [0.05, 0.1) is 6.61 Å². The monoisotopic (exact) mass is 245 g/mol. The first-order valence-electron chi connectivity index (χ1n) is 5.87. The van der Waals surface area contributed by atoms with Gasteiger partial charge in [-0.3, -0.25) is 9.89 Å². The van der Waals surface area contributed by atoms with E-state index in [1.54, 1.807) is 6.92 Å². The van der Waals surface area contributed by atoms with Gasteiger partial charge in [0, 0.05) is 6.42 Å². The highest BCUT2D eigenvalue weighted by atomic mass is 16.5. The molecule has 94 valence electrons. The van der Waals surface area contributed by atoms with Gasteiger partial charge < -0.3 is 4.74 Å². The molecule has 1 aromatic carbocycles. The van der Waals surface area contributed by atoms with Crippen LogP contribution in [0.4, 0.5) is 0 Å². The highest BCUT2D eigenvalue weighted by Crippen LogP contribution is 2.05. The largest absolute Gasteiger partial charge is 0.466 e. The van der Waals surface area contributed by atoms with Crippen LogP contribution in [0.3, 0.4) is 0 Å². The van der Waals surface area contributed by atoms with Gasteiger partial charge in [-0.2, -0.15) is 5.10 Å². The fourth-order valence-corrected chi connectivity index (χ4v) is 1.62. The van der Waals surface area contributed by atoms with Crippen molar-refractivity contribution in [2.75, 3.05) is 6.61 Å². The molecule has 0 saturated carbocycles. The van der Waals surface area contributed by atoms with E-state index in [0.717, 1.165) is 11.4 Å². The van der Waals surface area contributed by atoms with Crippen molar-refractivity contribution in [2.24, 2.45) is 0 Å². The summed E-state index contributed by atoms with van der Waals surface area (Å²) in [5.74, 6) is 0.919. The van der Waals surface area contributed by atoms with Crippen LogP contribution >= 0.6 is 0 Å². The van der Waals surface area contributed by atoms with Crippen molar-refractivity contribution < 1.29 is 9.53 Å². The van der Waals surface area contributed by atoms with Crippen molar-refractivity contribution >= 4 is 5.97 Å². The Kier molecular flexibility index (Phi) is 4.06. The van der Waals surface area contributed by atoms with Crippen molar-refractivity contribution in [1.82, 2.24) is 15.2 Å². The van der Waals surface area contributed by atoms with Crippen LogP contribution < -0.4 is 0 Å². The molecule has 0 atom stereocenters. The van der Waals surface area contributed by atoms with Crippen molar-refractivity contribution in [3.63, 3.8) is 0 Å². The van der Waals surface area contributed by atoms with Crippen LogP contribution in [-0.4, -0.2) is 27.8 Å². The topological polar surface area (TPSA) is 67.9 Å². The number of nitrogens with one attached hydrogen (secondary N) is 1. The van der Waals surface area contributed by atoms with Crippen LogP contribution in [0.15, 0.2) is 30.3 Å². The molecule has 1 heterocycles. The Morgan fingerprint density at radius 2 is 2.11 bits per heavy atom. The standard InChI is InChI=1S/C13H15N3O2/c1-2-18-13(17)9-12-14-11(15-16-12)8-10-6-4-3-5-7-10/h3-7H,2,8-9H2,1H3,(H,14,15,16). The molecule has 0 fully saturated rings. The molecule has 0 aliphatic heterocycles. The maximum atomic E-state index is 11.3. The Morgan fingerprint density at radius 3 is 2.83 bits per heavy atom. The number of H-pyrrole nitrogens is 1. The lowest BCUT2D eigenvalue weighted by molar-refractivity contribution is -0.142. The van der Waals surface area contributed by atoms with E-state index in [1.807, 2.05) is 30.3 Å². The Balaban J connectivity index is 1.96. The summed E-state index contributed by atoms with van der Waals surface area (Å²) in [5.41, 5.74) is 1.15. The molecular formula is C13H15N3O2. The van der Waals surface area contributed by atoms with Gasteiger partial charge in [0.1, 0.15) is 12.2 Å². The number of hydrogen-bond acceptors (Lipinski definition) is 4. The number of ether oxygens (including phenoxy) is 1. The van der Waals surface area contributed by atoms with E-state index in [0.29, 0.717) is 18.9 Å². The maximum absolute atomic E-state index is 11.3. The molecule has 0 spiro atoms. The van der Waals surface area contributed by atoms with Crippen molar-refractivity contribution in [2.45, 2.75) is 19.8 Å². The molecule has 5 nitrogen and oxygen atoms in total. The Bertz CT molecular complexity index is 508. The minimum Gasteiger partial charge on any atom is -0.466 e. The minimum absolute atomic E-state index is 0.110. The van der Waals surface area contributed by atoms with Gasteiger partial charge in [0.15, 0.2) is 5.82 Å². The third-order valence-corrected chi connectivity index (χ3v) is 2.40. The molecule has 0 unspecified atom stereocenters. The van der Waals surface area contributed by atoms with Gasteiger partial charge in [0.25, 0.3) is 0 Å². The lowest BCUT2D eigenvalue weighted by atomic mass is 10.1. The number of hydrogen-bond donors (Lipinski definition) is 1. The first kappa shape index (κ1) is 12.3. The van der Waals surface area contributed by atoms with Gasteiger partial charge in [-0.15, -0.1) is 0 Å². The number of aromatic nitrogens is 3. The average Bonchev–Trinajstić information content (AvgIpc) is 2.78. The molecule has 0 aliphatic carbocycles. The van der Waals surface area contributed by atoms with E-state index in [4.69, 9.17) is 4.74 Å². The third-order valence-electron chi connectivity index (χ3n) is 2.40. The van der Waals surface area contributed by atoms with Gasteiger partial charge in [-0.05, 0) is 12.5 Å². The smallest absolute Gasteiger partial charge is 0.313 e. The van der Waals surface area contributed by atoms with E-state index in [1.165, 1.54) is 0 Å². The summed E-state index contributed by atoms with van der Waals surface area (Å²) in [5, 5.41) is 6.83. The first-order valence-corrected chi connectivity index (χ1v) is 5.87. The molecule has 1 N–H and O–H groups in total. The number of rotatable bonds is 5. The van der Waals surface area contributed by atoms with Gasteiger partial charge >= 0.3 is 5.97 Å². The summed E-state index contributed by atoms with van der Waals surface area (Å²) in [7, 11) is 0. The SMILES string of the molecule is CCOC(=O)Cc1n[nH]c(Cc2ccccc2)n1. The number of esters is 1. The van der Waals surface area contributed by atoms with Crippen LogP contribution in [0.5, 0.6) is 0 Å². The Labute approximate surface area is 105 Å². The van der Waals surface area contributed by atoms with E-state index >= 15 is 0 Å². The molecule has 0 radical (unpaired) electrons. The van der Waals surface area contributed by atoms with E-state index < -0.39 is 0 Å². The second-order valence-corrected chi connectivity index (χ2v) is 3.84. The normalized spacial score (nSPS) is 10.3. The molecular weight excluding hydrogens is 230 g/mol. The highest BCUT2D eigenvalue weighted by Gasteiger charge is 2.09. The van der Waals surface area contributed by atoms with Crippen LogP contribution in [0.25, 0.3) is 0 Å². The van der Waals surface area contributed by atoms with Gasteiger partial charge in [-0.1, -0.05) is 30.3 Å². The second kappa shape index (κ2) is 5.95. The quantitative estimate of drug-likeness (QED) is 0.810. The predicted molar refractivity (Wildman–Crippen MR) is 66.0 cm³/mol. The molecule has 0 bridgehead atoms. The van der Waals surface area contributed by atoms with E-state index in [2.05, 4.69) is 15.2 Å². The summed E-state index contributed by atoms with van der Waals surface area (Å²) >= 11 is 0. The molecule has 0 aliphatic rings. The number of nitrogens with zero attached hydrogens (tertiary/aromatic N) is 2. The summed E-state index contributed by atoms with van der Waals surface area (Å²) in [4.78, 5) is 15.5. The number of carbonyl (C=O) groups is 1. The Hall–Kier alpha value is -2.17. The second-order valence-electron chi connectivity index (χ2n) is 3.84. The molecule has 0 saturated heterocycles. The average molecular weight is 245 g/mol. The zero-order chi connectivity index (χ0) is 12.8. The first-order chi connectivity index (χ1) is 8.78. The van der Waals surface area contributed by atoms with Crippen LogP contribution in [-0.2, 0) is 22.4 Å². The van der Waals surface area contributed by atoms with Crippen molar-refractivity contribution in [1.29, 1.82) is 0 Å². The minimum atomic E-state index is -0.303. The highest BCUT2D eigenvalue weighted by molar-refractivity contribution is 5.71. The number of carbonyl (C=O) groups excluding carboxylic acids is 1. The summed E-state index contributed by atoms with van der Waals surface area (Å²) in [6.07, 6.45) is 0.787. The van der Waals surface area contributed by atoms with E-state index in [9.17, 15) is 4.79 Å². The molecule has 1 aromatic heterocycles. The lowest BCUT2D eigenvalue weighted by Gasteiger charge is -1.97. The maximum Gasteiger partial charge on any atom is 0.313 e. The van der Waals surface area contributed by atoms with Gasteiger partial charge in [0.2, 0.25) is 0 Å². The van der Waals surface area contributed by atoms with Crippen LogP contribution in [0.1, 0.15) is 24.1 Å². The third kappa shape index (κ3) is 3.41. The van der Waals surface area contributed by atoms with Crippen LogP contribution in [0.2, 0.25) is 0 Å². The summed E-state index contributed by atoms with van der Waals surface area (Å²) in [6.45, 7) is 2.15. The van der Waals surface area contributed by atoms with Gasteiger partial charge in [-0.25, -0.2) is 4.98 Å². The zero-order valence-electron chi connectivity index (χ0n) is 10.2. The fourth-order valence-electron chi connectivity index (χ4n) is 1.62. The van der Waals surface area contributed by atoms with Crippen LogP contribution in [0, 0.1) is 0 Å².